The highest BCUT2D eigenvalue weighted by Crippen LogP contribution is 2.29. The van der Waals surface area contributed by atoms with Crippen LogP contribution in [0.4, 0.5) is 11.4 Å². The number of hydrogen-bond acceptors (Lipinski definition) is 6. The number of nitrogens with two attached hydrogens (primary N) is 1. The summed E-state index contributed by atoms with van der Waals surface area (Å²) in [6.07, 6.45) is 5.11. The predicted molar refractivity (Wildman–Crippen MR) is 97.0 cm³/mol. The number of furan rings is 1. The number of likely N-dealkylation sites (tertiary alicyclic amines) is 1. The quantitative estimate of drug-likeness (QED) is 0.581. The summed E-state index contributed by atoms with van der Waals surface area (Å²) in [5, 5.41) is 14.5. The number of carbonyl (C=O) groups is 1. The van der Waals surface area contributed by atoms with Crippen LogP contribution < -0.4 is 11.1 Å². The van der Waals surface area contributed by atoms with E-state index in [0.717, 1.165) is 31.7 Å². The van der Waals surface area contributed by atoms with Crippen molar-refractivity contribution in [1.82, 2.24) is 4.90 Å². The third-order valence-electron chi connectivity index (χ3n) is 4.67. The normalized spacial score (nSPS) is 16.2. The molecule has 1 aromatic carbocycles. The summed E-state index contributed by atoms with van der Waals surface area (Å²) in [7, 11) is 0. The molecule has 0 bridgehead atoms. The van der Waals surface area contributed by atoms with Crippen LogP contribution in [0, 0.1) is 10.1 Å². The van der Waals surface area contributed by atoms with Crippen molar-refractivity contribution in [3.63, 3.8) is 0 Å². The molecule has 1 aliphatic heterocycles. The van der Waals surface area contributed by atoms with E-state index in [1.165, 1.54) is 24.6 Å². The Hall–Kier alpha value is -2.87. The Morgan fingerprint density at radius 2 is 2.08 bits per heavy atom. The van der Waals surface area contributed by atoms with Crippen LogP contribution in [0.1, 0.15) is 41.4 Å². The fourth-order valence-corrected chi connectivity index (χ4v) is 3.31. The number of amides is 1. The lowest BCUT2D eigenvalue weighted by molar-refractivity contribution is -0.384. The van der Waals surface area contributed by atoms with Crippen molar-refractivity contribution in [2.75, 3.05) is 25.0 Å². The lowest BCUT2D eigenvalue weighted by Gasteiger charge is -2.33. The smallest absolute Gasteiger partial charge is 0.293 e. The monoisotopic (exact) mass is 358 g/mol. The van der Waals surface area contributed by atoms with Crippen LogP contribution in [-0.2, 0) is 0 Å². The molecule has 0 aliphatic carbocycles. The number of nitro groups is 1. The molecule has 8 nitrogen and oxygen atoms in total. The topological polar surface area (TPSA) is 115 Å². The Balaban J connectivity index is 1.80. The third kappa shape index (κ3) is 4.02. The number of piperidine rings is 1. The Morgan fingerprint density at radius 3 is 2.69 bits per heavy atom. The van der Waals surface area contributed by atoms with Gasteiger partial charge in [0, 0.05) is 18.2 Å². The van der Waals surface area contributed by atoms with Gasteiger partial charge in [0.05, 0.1) is 17.2 Å². The zero-order valence-corrected chi connectivity index (χ0v) is 14.4. The van der Waals surface area contributed by atoms with Crippen LogP contribution in [0.25, 0.3) is 0 Å². The van der Waals surface area contributed by atoms with E-state index >= 15 is 0 Å². The van der Waals surface area contributed by atoms with Crippen molar-refractivity contribution >= 4 is 17.3 Å². The molecule has 1 unspecified atom stereocenters. The molecule has 1 atom stereocenters. The van der Waals surface area contributed by atoms with Crippen molar-refractivity contribution in [2.24, 2.45) is 5.73 Å². The van der Waals surface area contributed by atoms with Crippen molar-refractivity contribution in [2.45, 2.75) is 25.3 Å². The largest absolute Gasteiger partial charge is 0.468 e. The van der Waals surface area contributed by atoms with E-state index in [-0.39, 0.29) is 17.3 Å². The second-order valence-electron chi connectivity index (χ2n) is 6.36. The maximum atomic E-state index is 11.4. The molecule has 2 aromatic rings. The summed E-state index contributed by atoms with van der Waals surface area (Å²) < 4.78 is 5.59. The second-order valence-corrected chi connectivity index (χ2v) is 6.36. The molecule has 0 radical (unpaired) electrons. The summed E-state index contributed by atoms with van der Waals surface area (Å²) in [4.78, 5) is 24.4. The fourth-order valence-electron chi connectivity index (χ4n) is 3.31. The minimum atomic E-state index is -0.693. The minimum absolute atomic E-state index is 0.0132. The van der Waals surface area contributed by atoms with Gasteiger partial charge in [-0.15, -0.1) is 0 Å². The summed E-state index contributed by atoms with van der Waals surface area (Å²) in [6, 6.07) is 7.96. The zero-order chi connectivity index (χ0) is 18.5. The Kier molecular flexibility index (Phi) is 5.52. The average Bonchev–Trinajstić information content (AvgIpc) is 3.17. The zero-order valence-electron chi connectivity index (χ0n) is 14.4. The molecule has 1 fully saturated rings. The van der Waals surface area contributed by atoms with Crippen LogP contribution in [0.2, 0.25) is 0 Å². The molecule has 138 valence electrons. The van der Waals surface area contributed by atoms with E-state index < -0.39 is 10.8 Å². The molecule has 1 amide bonds. The molecular formula is C18H22N4O4. The number of benzene rings is 1. The summed E-state index contributed by atoms with van der Waals surface area (Å²) >= 11 is 0. The van der Waals surface area contributed by atoms with E-state index in [4.69, 9.17) is 10.2 Å². The van der Waals surface area contributed by atoms with Gasteiger partial charge in [-0.25, -0.2) is 0 Å². The van der Waals surface area contributed by atoms with E-state index in [1.807, 2.05) is 12.1 Å². The first-order valence-electron chi connectivity index (χ1n) is 8.66. The van der Waals surface area contributed by atoms with Crippen LogP contribution in [0.5, 0.6) is 0 Å². The van der Waals surface area contributed by atoms with Gasteiger partial charge < -0.3 is 15.5 Å². The Morgan fingerprint density at radius 1 is 1.31 bits per heavy atom. The van der Waals surface area contributed by atoms with Gasteiger partial charge in [0.1, 0.15) is 11.4 Å². The van der Waals surface area contributed by atoms with E-state index in [0.29, 0.717) is 12.2 Å². The number of primary amides is 1. The molecule has 0 saturated carbocycles. The van der Waals surface area contributed by atoms with E-state index in [2.05, 4.69) is 10.2 Å². The molecule has 0 spiro atoms. The molecule has 8 heteroatoms. The molecule has 3 N–H and O–H groups in total. The molecule has 26 heavy (non-hydrogen) atoms. The highest BCUT2D eigenvalue weighted by atomic mass is 16.6. The van der Waals surface area contributed by atoms with Crippen LogP contribution in [-0.4, -0.2) is 35.4 Å². The molecule has 1 aromatic heterocycles. The Bertz CT molecular complexity index is 770. The fraction of sp³-hybridized carbons (Fsp3) is 0.389. The number of nitro benzene ring substituents is 1. The third-order valence-corrected chi connectivity index (χ3v) is 4.67. The van der Waals surface area contributed by atoms with Gasteiger partial charge in [-0.1, -0.05) is 6.42 Å². The molecule has 1 aliphatic rings. The second kappa shape index (κ2) is 8.01. The first kappa shape index (κ1) is 17.9. The lowest BCUT2D eigenvalue weighted by Crippen LogP contribution is -2.37. The standard InChI is InChI=1S/C18H22N4O4/c19-18(23)13-6-7-14(15(11-13)22(24)25)20-12-16(17-5-4-10-26-17)21-8-2-1-3-9-21/h4-7,10-11,16,20H,1-3,8-9,12H2,(H2,19,23). The van der Waals surface area contributed by atoms with E-state index in [9.17, 15) is 14.9 Å². The van der Waals surface area contributed by atoms with E-state index in [1.54, 1.807) is 6.26 Å². The highest BCUT2D eigenvalue weighted by molar-refractivity contribution is 5.94. The van der Waals surface area contributed by atoms with Gasteiger partial charge in [-0.05, 0) is 50.2 Å². The molecular weight excluding hydrogens is 336 g/mol. The maximum Gasteiger partial charge on any atom is 0.293 e. The van der Waals surface area contributed by atoms with Crippen molar-refractivity contribution < 1.29 is 14.1 Å². The number of nitrogens with zero attached hydrogens (tertiary/aromatic N) is 2. The number of hydrogen-bond donors (Lipinski definition) is 2. The number of carbonyl (C=O) groups excluding carboxylic acids is 1. The van der Waals surface area contributed by atoms with Crippen LogP contribution in [0.3, 0.4) is 0 Å². The maximum absolute atomic E-state index is 11.4. The SMILES string of the molecule is NC(=O)c1ccc(NCC(c2ccco2)N2CCCCC2)c([N+](=O)[O-])c1. The van der Waals surface area contributed by atoms with Gasteiger partial charge in [-0.2, -0.15) is 0 Å². The summed E-state index contributed by atoms with van der Waals surface area (Å²) in [5.74, 6) is 0.136. The minimum Gasteiger partial charge on any atom is -0.468 e. The number of nitrogens with one attached hydrogen (secondary N) is 1. The highest BCUT2D eigenvalue weighted by Gasteiger charge is 2.25. The average molecular weight is 358 g/mol. The summed E-state index contributed by atoms with van der Waals surface area (Å²) in [5.41, 5.74) is 5.51. The summed E-state index contributed by atoms with van der Waals surface area (Å²) in [6.45, 7) is 2.40. The predicted octanol–water partition coefficient (Wildman–Crippen LogP) is 2.93. The van der Waals surface area contributed by atoms with Gasteiger partial charge in [-0.3, -0.25) is 19.8 Å². The van der Waals surface area contributed by atoms with Crippen molar-refractivity contribution in [3.8, 4) is 0 Å². The number of anilines is 1. The molecule has 3 rings (SSSR count). The van der Waals surface area contributed by atoms with Crippen LogP contribution >= 0.6 is 0 Å². The molecule has 1 saturated heterocycles. The van der Waals surface area contributed by atoms with Crippen molar-refractivity contribution in [1.29, 1.82) is 0 Å². The number of rotatable bonds is 7. The first-order chi connectivity index (χ1) is 12.6. The Labute approximate surface area is 151 Å². The van der Waals surface area contributed by atoms with Gasteiger partial charge in [0.15, 0.2) is 0 Å². The molecule has 2 heterocycles. The van der Waals surface area contributed by atoms with Crippen molar-refractivity contribution in [3.05, 3.63) is 58.0 Å². The van der Waals surface area contributed by atoms with Crippen LogP contribution in [0.15, 0.2) is 41.0 Å². The van der Waals surface area contributed by atoms with Gasteiger partial charge >= 0.3 is 0 Å². The first-order valence-corrected chi connectivity index (χ1v) is 8.66. The lowest BCUT2D eigenvalue weighted by atomic mass is 10.1. The van der Waals surface area contributed by atoms with Gasteiger partial charge in [0.2, 0.25) is 5.91 Å². The van der Waals surface area contributed by atoms with Gasteiger partial charge in [0.25, 0.3) is 5.69 Å².